The van der Waals surface area contributed by atoms with E-state index >= 15 is 0 Å². The van der Waals surface area contributed by atoms with Gasteiger partial charge in [0, 0.05) is 24.5 Å². The van der Waals surface area contributed by atoms with Gasteiger partial charge in [0.1, 0.15) is 11.1 Å². The lowest BCUT2D eigenvalue weighted by atomic mass is 10.1. The minimum Gasteiger partial charge on any atom is -0.324 e. The molecule has 2 rings (SSSR count). The molecule has 136 valence electrons. The third-order valence-electron chi connectivity index (χ3n) is 4.15. The molecule has 0 saturated carbocycles. The quantitative estimate of drug-likeness (QED) is 0.789. The third-order valence-corrected chi connectivity index (χ3v) is 5.12. The van der Waals surface area contributed by atoms with E-state index in [-0.39, 0.29) is 17.2 Å². The van der Waals surface area contributed by atoms with Crippen molar-refractivity contribution < 1.29 is 4.79 Å². The molecule has 0 unspecified atom stereocenters. The second-order valence-electron chi connectivity index (χ2n) is 6.03. The van der Waals surface area contributed by atoms with Crippen LogP contribution in [0, 0.1) is 32.1 Å². The molecule has 0 aromatic carbocycles. The van der Waals surface area contributed by atoms with Crippen LogP contribution in [0.15, 0.2) is 28.2 Å². The summed E-state index contributed by atoms with van der Waals surface area (Å²) < 4.78 is 1.57. The van der Waals surface area contributed by atoms with E-state index in [0.717, 1.165) is 23.2 Å². The van der Waals surface area contributed by atoms with Crippen molar-refractivity contribution in [2.24, 2.45) is 0 Å². The van der Waals surface area contributed by atoms with Crippen molar-refractivity contribution in [1.29, 1.82) is 5.26 Å². The lowest BCUT2D eigenvalue weighted by molar-refractivity contribution is -0.113. The van der Waals surface area contributed by atoms with Gasteiger partial charge in [0.05, 0.1) is 17.0 Å². The number of carbonyl (C=O) groups excluding carboxylic acids is 1. The molecule has 26 heavy (non-hydrogen) atoms. The molecule has 1 N–H and O–H groups in total. The molecule has 1 amide bonds. The smallest absolute Gasteiger partial charge is 0.250 e. The van der Waals surface area contributed by atoms with Gasteiger partial charge in [-0.1, -0.05) is 18.7 Å². The van der Waals surface area contributed by atoms with Gasteiger partial charge in [-0.2, -0.15) is 5.26 Å². The summed E-state index contributed by atoms with van der Waals surface area (Å²) in [5.74, 6) is -0.0745. The monoisotopic (exact) mass is 370 g/mol. The number of nitrogens with one attached hydrogen (secondary N) is 1. The molecule has 0 radical (unpaired) electrons. The molecule has 2 aromatic rings. The highest BCUT2D eigenvalue weighted by molar-refractivity contribution is 8.00. The average Bonchev–Trinajstić information content (AvgIpc) is 2.61. The lowest BCUT2D eigenvalue weighted by Crippen LogP contribution is -2.21. The molecule has 0 spiro atoms. The Morgan fingerprint density at radius 3 is 2.69 bits per heavy atom. The van der Waals surface area contributed by atoms with E-state index in [2.05, 4.69) is 16.4 Å². The molecular weight excluding hydrogens is 348 g/mol. The second-order valence-corrected chi connectivity index (χ2v) is 6.99. The molecule has 7 heteroatoms. The van der Waals surface area contributed by atoms with Gasteiger partial charge in [0.25, 0.3) is 5.56 Å². The van der Waals surface area contributed by atoms with E-state index in [1.54, 1.807) is 16.8 Å². The molecule has 0 bridgehead atoms. The highest BCUT2D eigenvalue weighted by Gasteiger charge is 2.14. The number of anilines is 1. The predicted octanol–water partition coefficient (Wildman–Crippen LogP) is 3.18. The van der Waals surface area contributed by atoms with Gasteiger partial charge < -0.3 is 9.88 Å². The molecule has 0 fully saturated rings. The predicted molar refractivity (Wildman–Crippen MR) is 104 cm³/mol. The minimum absolute atomic E-state index is 0.0901. The summed E-state index contributed by atoms with van der Waals surface area (Å²) in [7, 11) is 0. The molecule has 0 saturated heterocycles. The van der Waals surface area contributed by atoms with E-state index < -0.39 is 0 Å². The van der Waals surface area contributed by atoms with Crippen LogP contribution in [0.5, 0.6) is 0 Å². The topological polar surface area (TPSA) is 87.8 Å². The second kappa shape index (κ2) is 8.68. The summed E-state index contributed by atoms with van der Waals surface area (Å²) in [6.45, 7) is 8.31. The van der Waals surface area contributed by atoms with Gasteiger partial charge >= 0.3 is 0 Å². The van der Waals surface area contributed by atoms with Crippen LogP contribution < -0.4 is 10.9 Å². The van der Waals surface area contributed by atoms with Gasteiger partial charge in [-0.15, -0.1) is 0 Å². The van der Waals surface area contributed by atoms with Gasteiger partial charge in [0.2, 0.25) is 5.91 Å². The van der Waals surface area contributed by atoms with E-state index in [4.69, 9.17) is 0 Å². The van der Waals surface area contributed by atoms with Crippen molar-refractivity contribution in [3.05, 3.63) is 51.1 Å². The molecule has 6 nitrogen and oxygen atoms in total. The number of carbonyl (C=O) groups is 1. The van der Waals surface area contributed by atoms with E-state index in [0.29, 0.717) is 22.8 Å². The number of aromatic nitrogens is 2. The maximum Gasteiger partial charge on any atom is 0.250 e. The number of rotatable bonds is 6. The first-order valence-corrected chi connectivity index (χ1v) is 9.37. The fourth-order valence-electron chi connectivity index (χ4n) is 2.50. The number of pyridine rings is 2. The normalized spacial score (nSPS) is 10.4. The first kappa shape index (κ1) is 19.7. The summed E-state index contributed by atoms with van der Waals surface area (Å²) in [5, 5.41) is 12.7. The molecule has 2 heterocycles. The molecule has 0 aliphatic rings. The van der Waals surface area contributed by atoms with Gasteiger partial charge in [-0.3, -0.25) is 9.59 Å². The van der Waals surface area contributed by atoms with Crippen molar-refractivity contribution in [2.75, 3.05) is 11.1 Å². The summed E-state index contributed by atoms with van der Waals surface area (Å²) >= 11 is 1.24. The third kappa shape index (κ3) is 4.52. The number of nitriles is 1. The Bertz CT molecular complexity index is 928. The summed E-state index contributed by atoms with van der Waals surface area (Å²) in [5.41, 5.74) is 3.75. The maximum absolute atomic E-state index is 12.2. The fourth-order valence-corrected chi connectivity index (χ4v) is 3.38. The van der Waals surface area contributed by atoms with Crippen LogP contribution in [0.25, 0.3) is 0 Å². The molecule has 0 aliphatic carbocycles. The zero-order chi connectivity index (χ0) is 19.3. The number of aryl methyl sites for hydroxylation is 2. The van der Waals surface area contributed by atoms with Crippen molar-refractivity contribution >= 4 is 23.4 Å². The van der Waals surface area contributed by atoms with Crippen molar-refractivity contribution in [2.45, 2.75) is 45.7 Å². The van der Waals surface area contributed by atoms with Crippen molar-refractivity contribution in [3.63, 3.8) is 0 Å². The van der Waals surface area contributed by atoms with Gasteiger partial charge in [0.15, 0.2) is 0 Å². The van der Waals surface area contributed by atoms with Crippen LogP contribution in [0.1, 0.15) is 35.7 Å². The first-order valence-electron chi connectivity index (χ1n) is 8.38. The van der Waals surface area contributed by atoms with E-state index in [1.165, 1.54) is 17.8 Å². The Labute approximate surface area is 157 Å². The van der Waals surface area contributed by atoms with Gasteiger partial charge in [-0.25, -0.2) is 4.98 Å². The largest absolute Gasteiger partial charge is 0.324 e. The summed E-state index contributed by atoms with van der Waals surface area (Å²) in [4.78, 5) is 28.4. The standard InChI is InChI=1S/C19H22N4O2S/c1-5-8-23-10-15(6-7-18(23)25)22-17(24)11-26-19-16(9-20)13(3)12(2)14(4)21-19/h6-7,10H,5,8,11H2,1-4H3,(H,22,24). The fraction of sp³-hybridized carbons (Fsp3) is 0.368. The minimum atomic E-state index is -0.210. The number of thioether (sulfide) groups is 1. The first-order chi connectivity index (χ1) is 12.4. The lowest BCUT2D eigenvalue weighted by Gasteiger charge is -2.11. The number of hydrogen-bond acceptors (Lipinski definition) is 5. The SMILES string of the molecule is CCCn1cc(NC(=O)CSc2nc(C)c(C)c(C)c2C#N)ccc1=O. The number of nitrogens with zero attached hydrogens (tertiary/aromatic N) is 3. The van der Waals surface area contributed by atoms with E-state index in [9.17, 15) is 14.9 Å². The Balaban J connectivity index is 2.10. The highest BCUT2D eigenvalue weighted by atomic mass is 32.2. The Hall–Kier alpha value is -2.59. The highest BCUT2D eigenvalue weighted by Crippen LogP contribution is 2.26. The average molecular weight is 370 g/mol. The van der Waals surface area contributed by atoms with Crippen LogP contribution in [0.2, 0.25) is 0 Å². The molecular formula is C19H22N4O2S. The van der Waals surface area contributed by atoms with Crippen LogP contribution in [0.4, 0.5) is 5.69 Å². The summed E-state index contributed by atoms with van der Waals surface area (Å²) in [6, 6.07) is 5.22. The van der Waals surface area contributed by atoms with Crippen molar-refractivity contribution in [1.82, 2.24) is 9.55 Å². The Morgan fingerprint density at radius 2 is 2.04 bits per heavy atom. The Morgan fingerprint density at radius 1 is 1.31 bits per heavy atom. The van der Waals surface area contributed by atoms with Crippen molar-refractivity contribution in [3.8, 4) is 6.07 Å². The number of amides is 1. The molecule has 2 aromatic heterocycles. The zero-order valence-corrected chi connectivity index (χ0v) is 16.2. The van der Waals surface area contributed by atoms with E-state index in [1.807, 2.05) is 27.7 Å². The molecule has 0 aliphatic heterocycles. The van der Waals surface area contributed by atoms with Gasteiger partial charge in [-0.05, 0) is 44.4 Å². The van der Waals surface area contributed by atoms with Crippen LogP contribution in [-0.4, -0.2) is 21.2 Å². The van der Waals surface area contributed by atoms with Crippen LogP contribution in [0.3, 0.4) is 0 Å². The number of hydrogen-bond donors (Lipinski definition) is 1. The van der Waals surface area contributed by atoms with Crippen LogP contribution >= 0.6 is 11.8 Å². The zero-order valence-electron chi connectivity index (χ0n) is 15.4. The summed E-state index contributed by atoms with van der Waals surface area (Å²) in [6.07, 6.45) is 2.48. The van der Waals surface area contributed by atoms with Crippen LogP contribution in [-0.2, 0) is 11.3 Å². The maximum atomic E-state index is 12.2. The molecule has 0 atom stereocenters. The Kier molecular flexibility index (Phi) is 6.58.